The fourth-order valence-corrected chi connectivity index (χ4v) is 5.94. The minimum Gasteiger partial charge on any atom is -0.351 e. The van der Waals surface area contributed by atoms with Crippen LogP contribution in [0.1, 0.15) is 21.3 Å². The Hall–Kier alpha value is -3.75. The minimum absolute atomic E-state index is 0.165. The average Bonchev–Trinajstić information content (AvgIpc) is 3.30. The van der Waals surface area contributed by atoms with Gasteiger partial charge in [-0.3, -0.25) is 14.4 Å². The van der Waals surface area contributed by atoms with Gasteiger partial charge in [-0.2, -0.15) is 0 Å². The molecule has 0 spiro atoms. The molecule has 3 aromatic carbocycles. The highest BCUT2D eigenvalue weighted by Crippen LogP contribution is 2.46. The summed E-state index contributed by atoms with van der Waals surface area (Å²) < 4.78 is 0. The van der Waals surface area contributed by atoms with Crippen LogP contribution in [0, 0.1) is 0 Å². The number of amides is 3. The molecule has 0 unspecified atom stereocenters. The molecule has 1 aromatic heterocycles. The van der Waals surface area contributed by atoms with E-state index in [2.05, 4.69) is 10.3 Å². The molecule has 4 aromatic rings. The number of anilines is 1. The molecule has 2 heterocycles. The molecule has 9 heteroatoms. The van der Waals surface area contributed by atoms with E-state index in [9.17, 15) is 14.4 Å². The summed E-state index contributed by atoms with van der Waals surface area (Å²) in [6.07, 6.45) is 0. The fraction of sp³-hybridized carbons (Fsp3) is 0.179. The number of rotatable bonds is 5. The molecule has 7 nitrogen and oxygen atoms in total. The Labute approximate surface area is 223 Å². The van der Waals surface area contributed by atoms with Gasteiger partial charge in [-0.25, -0.2) is 0 Å². The zero-order valence-electron chi connectivity index (χ0n) is 20.3. The van der Waals surface area contributed by atoms with Crippen molar-refractivity contribution in [1.82, 2.24) is 15.2 Å². The Kier molecular flexibility index (Phi) is 6.95. The number of nitrogens with zero attached hydrogens (tertiary/aromatic N) is 2. The van der Waals surface area contributed by atoms with Crippen molar-refractivity contribution in [2.45, 2.75) is 16.2 Å². The summed E-state index contributed by atoms with van der Waals surface area (Å²) in [6.45, 7) is -0.165. The van der Waals surface area contributed by atoms with Crippen molar-refractivity contribution >= 4 is 57.7 Å². The number of halogens is 1. The van der Waals surface area contributed by atoms with E-state index in [4.69, 9.17) is 11.6 Å². The molecule has 188 valence electrons. The molecule has 3 amide bonds. The van der Waals surface area contributed by atoms with Crippen LogP contribution in [0.5, 0.6) is 0 Å². The van der Waals surface area contributed by atoms with Crippen molar-refractivity contribution < 1.29 is 14.4 Å². The number of likely N-dealkylation sites (N-methyl/N-ethyl adjacent to an activating group) is 1. The third kappa shape index (κ3) is 5.08. The third-order valence-electron chi connectivity index (χ3n) is 6.28. The predicted octanol–water partition coefficient (Wildman–Crippen LogP) is 4.89. The second kappa shape index (κ2) is 10.3. The van der Waals surface area contributed by atoms with Crippen LogP contribution >= 0.6 is 23.4 Å². The topological polar surface area (TPSA) is 85.5 Å². The van der Waals surface area contributed by atoms with E-state index in [1.54, 1.807) is 38.4 Å². The van der Waals surface area contributed by atoms with Gasteiger partial charge in [0.05, 0.1) is 10.9 Å². The van der Waals surface area contributed by atoms with Gasteiger partial charge >= 0.3 is 0 Å². The van der Waals surface area contributed by atoms with Gasteiger partial charge in [0.2, 0.25) is 5.91 Å². The molecule has 0 saturated heterocycles. The monoisotopic (exact) mass is 532 g/mol. The van der Waals surface area contributed by atoms with E-state index < -0.39 is 17.2 Å². The van der Waals surface area contributed by atoms with Crippen LogP contribution in [0.4, 0.5) is 5.69 Å². The Morgan fingerprint density at radius 3 is 2.49 bits per heavy atom. The van der Waals surface area contributed by atoms with E-state index in [1.807, 2.05) is 54.6 Å². The molecule has 2 N–H and O–H groups in total. The summed E-state index contributed by atoms with van der Waals surface area (Å²) in [5.41, 5.74) is 2.63. The molecule has 1 aliphatic rings. The average molecular weight is 533 g/mol. The number of para-hydroxylation sites is 1. The van der Waals surface area contributed by atoms with E-state index in [0.29, 0.717) is 16.4 Å². The number of thioether (sulfide) groups is 1. The van der Waals surface area contributed by atoms with Crippen LogP contribution in [0.2, 0.25) is 5.02 Å². The number of H-pyrrole nitrogens is 1. The number of nitrogens with one attached hydrogen (secondary N) is 2. The summed E-state index contributed by atoms with van der Waals surface area (Å²) in [5, 5.41) is 3.93. The molecule has 0 aliphatic carbocycles. The summed E-state index contributed by atoms with van der Waals surface area (Å²) in [4.78, 5) is 47.1. The van der Waals surface area contributed by atoms with E-state index in [0.717, 1.165) is 21.4 Å². The van der Waals surface area contributed by atoms with Gasteiger partial charge < -0.3 is 20.1 Å². The first-order chi connectivity index (χ1) is 17.8. The molecule has 5 rings (SSSR count). The number of carbonyl (C=O) groups is 3. The highest BCUT2D eigenvalue weighted by molar-refractivity contribution is 7.99. The lowest BCUT2D eigenvalue weighted by Crippen LogP contribution is -2.52. The smallest absolute Gasteiger partial charge is 0.268 e. The first-order valence-corrected chi connectivity index (χ1v) is 13.0. The zero-order chi connectivity index (χ0) is 26.1. The maximum atomic E-state index is 14.2. The first kappa shape index (κ1) is 24.9. The van der Waals surface area contributed by atoms with Gasteiger partial charge in [0.15, 0.2) is 0 Å². The molecular weight excluding hydrogens is 508 g/mol. The lowest BCUT2D eigenvalue weighted by Gasteiger charge is -2.29. The van der Waals surface area contributed by atoms with Crippen molar-refractivity contribution in [3.05, 3.63) is 95.1 Å². The number of benzene rings is 3. The highest BCUT2D eigenvalue weighted by atomic mass is 35.5. The first-order valence-electron chi connectivity index (χ1n) is 11.7. The molecule has 2 atom stereocenters. The number of aromatic nitrogens is 1. The highest BCUT2D eigenvalue weighted by Gasteiger charge is 2.40. The fourth-order valence-electron chi connectivity index (χ4n) is 4.32. The number of hydrogen-bond donors (Lipinski definition) is 2. The van der Waals surface area contributed by atoms with Gasteiger partial charge in [0, 0.05) is 34.9 Å². The summed E-state index contributed by atoms with van der Waals surface area (Å²) in [6, 6.07) is 23.2. The zero-order valence-corrected chi connectivity index (χ0v) is 21.8. The predicted molar refractivity (Wildman–Crippen MR) is 147 cm³/mol. The quantitative estimate of drug-likeness (QED) is 0.383. The Bertz CT molecular complexity index is 1450. The summed E-state index contributed by atoms with van der Waals surface area (Å²) in [5.74, 6) is -1.01. The van der Waals surface area contributed by atoms with Crippen molar-refractivity contribution in [3.8, 4) is 0 Å². The van der Waals surface area contributed by atoms with E-state index in [1.165, 1.54) is 21.6 Å². The van der Waals surface area contributed by atoms with Crippen LogP contribution < -0.4 is 10.2 Å². The van der Waals surface area contributed by atoms with Crippen molar-refractivity contribution in [1.29, 1.82) is 0 Å². The number of hydrogen-bond acceptors (Lipinski definition) is 4. The maximum Gasteiger partial charge on any atom is 0.268 e. The maximum absolute atomic E-state index is 14.2. The van der Waals surface area contributed by atoms with Crippen LogP contribution in [0.15, 0.2) is 83.8 Å². The second-order valence-corrected chi connectivity index (χ2v) is 10.6. The van der Waals surface area contributed by atoms with Crippen molar-refractivity contribution in [2.24, 2.45) is 0 Å². The van der Waals surface area contributed by atoms with Crippen LogP contribution in [-0.4, -0.2) is 54.3 Å². The molecular formula is C28H25ClN4O3S. The van der Waals surface area contributed by atoms with Gasteiger partial charge in [-0.05, 0) is 35.9 Å². The van der Waals surface area contributed by atoms with Gasteiger partial charge in [0.1, 0.15) is 18.3 Å². The van der Waals surface area contributed by atoms with Crippen molar-refractivity contribution in [2.75, 3.05) is 25.5 Å². The lowest BCUT2D eigenvalue weighted by molar-refractivity contribution is -0.129. The van der Waals surface area contributed by atoms with Crippen LogP contribution in [0.25, 0.3) is 10.9 Å². The standard InChI is InChI=1S/C28H25ClN4O3S/c1-32(2)24(34)16-33-22-13-12-19(29)15-23(22)37-26(17-8-4-3-5-9-17)25(28(33)36)31-27(35)21-14-18-10-6-7-11-20(18)30-21/h3-15,25-26,30H,16H2,1-2H3,(H,31,35)/t25-,26-/m0/s1. The van der Waals surface area contributed by atoms with E-state index >= 15 is 0 Å². The summed E-state index contributed by atoms with van der Waals surface area (Å²) >= 11 is 7.78. The normalized spacial score (nSPS) is 17.3. The number of aromatic amines is 1. The van der Waals surface area contributed by atoms with Crippen molar-refractivity contribution in [3.63, 3.8) is 0 Å². The van der Waals surface area contributed by atoms with Crippen LogP contribution in [-0.2, 0) is 9.59 Å². The Morgan fingerprint density at radius 2 is 1.76 bits per heavy atom. The van der Waals surface area contributed by atoms with E-state index in [-0.39, 0.29) is 18.4 Å². The second-order valence-electron chi connectivity index (χ2n) is 9.00. The number of fused-ring (bicyclic) bond motifs is 2. The molecule has 0 saturated carbocycles. The Morgan fingerprint density at radius 1 is 1.03 bits per heavy atom. The number of carbonyl (C=O) groups excluding carboxylic acids is 3. The molecule has 37 heavy (non-hydrogen) atoms. The molecule has 0 bridgehead atoms. The lowest BCUT2D eigenvalue weighted by atomic mass is 10.0. The van der Waals surface area contributed by atoms with Crippen LogP contribution in [0.3, 0.4) is 0 Å². The molecule has 0 radical (unpaired) electrons. The van der Waals surface area contributed by atoms with Gasteiger partial charge in [0.25, 0.3) is 11.8 Å². The summed E-state index contributed by atoms with van der Waals surface area (Å²) in [7, 11) is 3.29. The minimum atomic E-state index is -0.951. The van der Waals surface area contributed by atoms with Gasteiger partial charge in [-0.1, -0.05) is 60.1 Å². The van der Waals surface area contributed by atoms with Gasteiger partial charge in [-0.15, -0.1) is 11.8 Å². The largest absolute Gasteiger partial charge is 0.351 e. The molecule has 0 fully saturated rings. The third-order valence-corrected chi connectivity index (χ3v) is 7.90. The molecule has 1 aliphatic heterocycles. The SMILES string of the molecule is CN(C)C(=O)CN1C(=O)[C@@H](NC(=O)c2cc3ccccc3[nH]2)[C@H](c2ccccc2)Sc2cc(Cl)ccc21. The Balaban J connectivity index is 1.58.